The quantitative estimate of drug-likeness (QED) is 0.466. The monoisotopic (exact) mass is 521 g/mol. The highest BCUT2D eigenvalue weighted by atomic mass is 19.4. The maximum absolute atomic E-state index is 13.5. The smallest absolute Gasteiger partial charge is 0.452 e. The number of hydrogen-bond donors (Lipinski definition) is 2. The number of fused-ring (bicyclic) bond motifs is 1. The molecule has 0 aliphatic carbocycles. The van der Waals surface area contributed by atoms with Gasteiger partial charge in [0.05, 0.1) is 18.3 Å². The van der Waals surface area contributed by atoms with E-state index in [2.05, 4.69) is 15.0 Å². The van der Waals surface area contributed by atoms with E-state index in [1.807, 2.05) is 13.0 Å². The number of aliphatic hydroxyl groups excluding tert-OH is 1. The molecule has 1 aliphatic heterocycles. The number of alkyl halides is 3. The molecule has 198 valence electrons. The highest BCUT2D eigenvalue weighted by Crippen LogP contribution is 2.34. The van der Waals surface area contributed by atoms with Crippen molar-refractivity contribution in [2.24, 2.45) is 7.05 Å². The molecule has 0 amide bonds. The second kappa shape index (κ2) is 10.2. The van der Waals surface area contributed by atoms with Gasteiger partial charge in [0, 0.05) is 25.9 Å². The molecule has 0 saturated heterocycles. The summed E-state index contributed by atoms with van der Waals surface area (Å²) in [7, 11) is 1.48. The first-order valence-corrected chi connectivity index (χ1v) is 11.4. The topological polar surface area (TPSA) is 111 Å². The molecule has 2 aromatic heterocycles. The molecule has 3 heterocycles. The molecule has 2 unspecified atom stereocenters. The Kier molecular flexibility index (Phi) is 7.16. The van der Waals surface area contributed by atoms with Crippen LogP contribution in [0, 0.1) is 6.92 Å². The van der Waals surface area contributed by atoms with Crippen LogP contribution in [0.15, 0.2) is 52.2 Å². The highest BCUT2D eigenvalue weighted by Gasteiger charge is 2.37. The number of aryl methyl sites for hydroxylation is 1. The van der Waals surface area contributed by atoms with Crippen LogP contribution in [0.3, 0.4) is 0 Å². The first kappa shape index (κ1) is 26.1. The fourth-order valence-corrected chi connectivity index (χ4v) is 3.90. The van der Waals surface area contributed by atoms with E-state index >= 15 is 0 Å². The second-order valence-corrected chi connectivity index (χ2v) is 8.73. The SMILES string of the molecule is Cc1ccc(CN2c3c(n(C)c(=O)n(CCC(C)O)c3=O)NC2Oc2cccc(OC(F)(F)F)c2)nc1. The summed E-state index contributed by atoms with van der Waals surface area (Å²) >= 11 is 0. The third kappa shape index (κ3) is 5.88. The summed E-state index contributed by atoms with van der Waals surface area (Å²) in [6.45, 7) is 3.52. The molecular weight excluding hydrogens is 495 g/mol. The molecule has 10 nitrogen and oxygen atoms in total. The number of aromatic nitrogens is 3. The minimum absolute atomic E-state index is 0.00454. The maximum Gasteiger partial charge on any atom is 0.573 e. The summed E-state index contributed by atoms with van der Waals surface area (Å²) in [5.74, 6) is -0.253. The van der Waals surface area contributed by atoms with Crippen molar-refractivity contribution >= 4 is 11.5 Å². The van der Waals surface area contributed by atoms with Crippen LogP contribution in [0.5, 0.6) is 11.5 Å². The Morgan fingerprint density at radius 2 is 1.92 bits per heavy atom. The van der Waals surface area contributed by atoms with Gasteiger partial charge in [-0.15, -0.1) is 13.2 Å². The third-order valence-corrected chi connectivity index (χ3v) is 5.72. The van der Waals surface area contributed by atoms with Gasteiger partial charge in [-0.3, -0.25) is 18.9 Å². The van der Waals surface area contributed by atoms with Crippen molar-refractivity contribution in [1.29, 1.82) is 0 Å². The molecule has 1 aliphatic rings. The zero-order valence-electron chi connectivity index (χ0n) is 20.3. The van der Waals surface area contributed by atoms with Crippen LogP contribution < -0.4 is 30.9 Å². The molecule has 0 bridgehead atoms. The molecule has 4 rings (SSSR count). The van der Waals surface area contributed by atoms with Crippen LogP contribution in [0.4, 0.5) is 24.7 Å². The van der Waals surface area contributed by atoms with Gasteiger partial charge in [-0.25, -0.2) is 4.79 Å². The number of rotatable bonds is 8. The molecule has 1 aromatic carbocycles. The van der Waals surface area contributed by atoms with Crippen LogP contribution in [-0.2, 0) is 20.1 Å². The lowest BCUT2D eigenvalue weighted by atomic mass is 10.2. The molecule has 13 heteroatoms. The van der Waals surface area contributed by atoms with E-state index in [0.29, 0.717) is 5.69 Å². The fourth-order valence-electron chi connectivity index (χ4n) is 3.90. The Hall–Kier alpha value is -4.00. The summed E-state index contributed by atoms with van der Waals surface area (Å²) in [4.78, 5) is 32.3. The lowest BCUT2D eigenvalue weighted by Crippen LogP contribution is -2.43. The van der Waals surface area contributed by atoms with E-state index in [0.717, 1.165) is 22.3 Å². The van der Waals surface area contributed by atoms with Gasteiger partial charge in [0.2, 0.25) is 0 Å². The molecular formula is C24H26F3N5O5. The Morgan fingerprint density at radius 3 is 2.57 bits per heavy atom. The zero-order chi connectivity index (χ0) is 26.9. The van der Waals surface area contributed by atoms with Crippen molar-refractivity contribution < 1.29 is 27.8 Å². The van der Waals surface area contributed by atoms with Gasteiger partial charge >= 0.3 is 12.1 Å². The summed E-state index contributed by atoms with van der Waals surface area (Å²) < 4.78 is 50.3. The Labute approximate surface area is 209 Å². The Balaban J connectivity index is 1.74. The summed E-state index contributed by atoms with van der Waals surface area (Å²) in [6.07, 6.45) is -4.82. The number of aliphatic hydroxyl groups is 1. The van der Waals surface area contributed by atoms with Gasteiger partial charge in [0.25, 0.3) is 11.9 Å². The number of ether oxygens (including phenoxy) is 2. The van der Waals surface area contributed by atoms with Crippen molar-refractivity contribution in [2.75, 3.05) is 10.2 Å². The van der Waals surface area contributed by atoms with Gasteiger partial charge in [-0.1, -0.05) is 12.1 Å². The van der Waals surface area contributed by atoms with Gasteiger partial charge in [-0.05, 0) is 44.0 Å². The van der Waals surface area contributed by atoms with Gasteiger partial charge in [0.15, 0.2) is 0 Å². The van der Waals surface area contributed by atoms with Crippen molar-refractivity contribution in [3.05, 3.63) is 74.7 Å². The van der Waals surface area contributed by atoms with E-state index < -0.39 is 35.8 Å². The number of anilines is 2. The zero-order valence-corrected chi connectivity index (χ0v) is 20.3. The highest BCUT2D eigenvalue weighted by molar-refractivity contribution is 5.71. The average molecular weight is 521 g/mol. The number of nitrogens with zero attached hydrogens (tertiary/aromatic N) is 4. The lowest BCUT2D eigenvalue weighted by molar-refractivity contribution is -0.274. The van der Waals surface area contributed by atoms with Gasteiger partial charge in [0.1, 0.15) is 23.0 Å². The lowest BCUT2D eigenvalue weighted by Gasteiger charge is -2.26. The van der Waals surface area contributed by atoms with E-state index in [1.54, 1.807) is 24.1 Å². The number of halogens is 3. The minimum atomic E-state index is -4.88. The maximum atomic E-state index is 13.5. The van der Waals surface area contributed by atoms with Crippen molar-refractivity contribution in [2.45, 2.75) is 52.2 Å². The first-order valence-electron chi connectivity index (χ1n) is 11.4. The second-order valence-electron chi connectivity index (χ2n) is 8.73. The number of benzene rings is 1. The van der Waals surface area contributed by atoms with Crippen molar-refractivity contribution in [3.8, 4) is 11.5 Å². The summed E-state index contributed by atoms with van der Waals surface area (Å²) in [6, 6.07) is 8.60. The number of hydrogen-bond acceptors (Lipinski definition) is 8. The van der Waals surface area contributed by atoms with Crippen molar-refractivity contribution in [3.63, 3.8) is 0 Å². The minimum Gasteiger partial charge on any atom is -0.452 e. The van der Waals surface area contributed by atoms with Crippen molar-refractivity contribution in [1.82, 2.24) is 14.1 Å². The van der Waals surface area contributed by atoms with E-state index in [1.165, 1.54) is 23.7 Å². The number of nitrogens with one attached hydrogen (secondary N) is 1. The third-order valence-electron chi connectivity index (χ3n) is 5.72. The molecule has 0 fully saturated rings. The standard InChI is InChI=1S/C24H26F3N5O5/c1-14-7-8-16(28-12-14)13-32-19-20(30(3)23(35)31(21(19)34)10-9-15(2)33)29-22(32)36-17-5-4-6-18(11-17)37-24(25,26)27/h4-8,11-12,15,22,29,33H,9-10,13H2,1-3H3. The van der Waals surface area contributed by atoms with E-state index in [9.17, 15) is 27.9 Å². The normalized spacial score (nSPS) is 15.8. The van der Waals surface area contributed by atoms with Crippen LogP contribution in [0.25, 0.3) is 0 Å². The Morgan fingerprint density at radius 1 is 1.19 bits per heavy atom. The summed E-state index contributed by atoms with van der Waals surface area (Å²) in [5, 5.41) is 12.7. The largest absolute Gasteiger partial charge is 0.573 e. The molecule has 37 heavy (non-hydrogen) atoms. The van der Waals surface area contributed by atoms with Crippen LogP contribution in [0.2, 0.25) is 0 Å². The molecule has 0 saturated carbocycles. The van der Waals surface area contributed by atoms with Gasteiger partial charge < -0.3 is 24.8 Å². The summed E-state index contributed by atoms with van der Waals surface area (Å²) in [5.41, 5.74) is 0.459. The molecule has 3 aromatic rings. The average Bonchev–Trinajstić information content (AvgIpc) is 3.16. The molecule has 2 N–H and O–H groups in total. The van der Waals surface area contributed by atoms with Gasteiger partial charge in [-0.2, -0.15) is 0 Å². The van der Waals surface area contributed by atoms with Crippen LogP contribution in [-0.4, -0.2) is 38.0 Å². The predicted molar refractivity (Wildman–Crippen MR) is 129 cm³/mol. The van der Waals surface area contributed by atoms with Crippen LogP contribution >= 0.6 is 0 Å². The molecule has 0 spiro atoms. The van der Waals surface area contributed by atoms with E-state index in [4.69, 9.17) is 4.74 Å². The molecule has 2 atom stereocenters. The fraction of sp³-hybridized carbons (Fsp3) is 0.375. The Bertz CT molecular complexity index is 1390. The first-order chi connectivity index (χ1) is 17.4. The molecule has 0 radical (unpaired) electrons. The number of pyridine rings is 1. The van der Waals surface area contributed by atoms with E-state index in [-0.39, 0.29) is 36.8 Å². The predicted octanol–water partition coefficient (Wildman–Crippen LogP) is 2.71. The van der Waals surface area contributed by atoms with Crippen LogP contribution in [0.1, 0.15) is 24.6 Å².